The molecule has 1 aromatic carbocycles. The number of hydrogen-bond acceptors (Lipinski definition) is 3. The highest BCUT2D eigenvalue weighted by Gasteiger charge is 2.22. The third-order valence-corrected chi connectivity index (χ3v) is 3.62. The molecule has 2 atom stereocenters. The van der Waals surface area contributed by atoms with Crippen LogP contribution < -0.4 is 15.4 Å². The monoisotopic (exact) mass is 262 g/mol. The summed E-state index contributed by atoms with van der Waals surface area (Å²) in [5.74, 6) is 1.06. The van der Waals surface area contributed by atoms with E-state index < -0.39 is 0 Å². The van der Waals surface area contributed by atoms with Gasteiger partial charge in [0.1, 0.15) is 5.75 Å². The van der Waals surface area contributed by atoms with Gasteiger partial charge in [0.15, 0.2) is 0 Å². The van der Waals surface area contributed by atoms with Crippen molar-refractivity contribution in [2.24, 2.45) is 5.92 Å². The van der Waals surface area contributed by atoms with Crippen molar-refractivity contribution < 1.29 is 9.53 Å². The Hall–Kier alpha value is -1.55. The molecule has 1 aliphatic heterocycles. The van der Waals surface area contributed by atoms with Crippen LogP contribution >= 0.6 is 0 Å². The number of methoxy groups -OCH3 is 1. The van der Waals surface area contributed by atoms with Crippen molar-refractivity contribution in [3.8, 4) is 5.75 Å². The molecule has 0 aromatic heterocycles. The van der Waals surface area contributed by atoms with Crippen molar-refractivity contribution in [1.82, 2.24) is 10.6 Å². The maximum Gasteiger partial charge on any atom is 0.224 e. The van der Waals surface area contributed by atoms with Crippen LogP contribution in [-0.4, -0.2) is 26.1 Å². The highest BCUT2D eigenvalue weighted by Crippen LogP contribution is 2.20. The second-order valence-corrected chi connectivity index (χ2v) is 5.05. The van der Waals surface area contributed by atoms with Crippen LogP contribution in [0.1, 0.15) is 31.4 Å². The number of rotatable bonds is 4. The van der Waals surface area contributed by atoms with E-state index >= 15 is 0 Å². The van der Waals surface area contributed by atoms with Crippen LogP contribution in [0.3, 0.4) is 0 Å². The predicted octanol–water partition coefficient (Wildman–Crippen LogP) is 1.87. The molecule has 19 heavy (non-hydrogen) atoms. The smallest absolute Gasteiger partial charge is 0.224 e. The van der Waals surface area contributed by atoms with Gasteiger partial charge in [-0.05, 0) is 44.0 Å². The van der Waals surface area contributed by atoms with E-state index in [2.05, 4.69) is 10.6 Å². The van der Waals surface area contributed by atoms with E-state index in [1.807, 2.05) is 31.2 Å². The number of benzene rings is 1. The number of piperidine rings is 1. The van der Waals surface area contributed by atoms with Gasteiger partial charge in [-0.3, -0.25) is 4.79 Å². The molecule has 0 aliphatic carbocycles. The maximum atomic E-state index is 12.2. The first-order valence-corrected chi connectivity index (χ1v) is 6.85. The normalized spacial score (nSPS) is 20.6. The van der Waals surface area contributed by atoms with Crippen LogP contribution in [-0.2, 0) is 4.79 Å². The van der Waals surface area contributed by atoms with Crippen LogP contribution in [0.2, 0.25) is 0 Å². The molecule has 0 saturated carbocycles. The predicted molar refractivity (Wildman–Crippen MR) is 75.1 cm³/mol. The van der Waals surface area contributed by atoms with E-state index in [-0.39, 0.29) is 17.9 Å². The number of carbonyl (C=O) groups is 1. The summed E-state index contributed by atoms with van der Waals surface area (Å²) in [6.45, 7) is 3.81. The number of carbonyl (C=O) groups excluding carboxylic acids is 1. The summed E-state index contributed by atoms with van der Waals surface area (Å²) in [7, 11) is 1.65. The molecular weight excluding hydrogens is 240 g/mol. The Kier molecular flexibility index (Phi) is 4.80. The Morgan fingerprint density at radius 2 is 2.37 bits per heavy atom. The highest BCUT2D eigenvalue weighted by atomic mass is 16.5. The Labute approximate surface area is 114 Å². The lowest BCUT2D eigenvalue weighted by Gasteiger charge is -2.24. The third kappa shape index (κ3) is 3.70. The molecule has 2 N–H and O–H groups in total. The second-order valence-electron chi connectivity index (χ2n) is 5.05. The molecule has 1 fully saturated rings. The SMILES string of the molecule is COc1cccc([C@H](C)NC(=O)C2CCCNC2)c1. The van der Waals surface area contributed by atoms with Gasteiger partial charge in [0.05, 0.1) is 19.1 Å². The molecular formula is C15H22N2O2. The molecule has 1 heterocycles. The van der Waals surface area contributed by atoms with Gasteiger partial charge in [-0.1, -0.05) is 12.1 Å². The van der Waals surface area contributed by atoms with Crippen molar-refractivity contribution in [3.05, 3.63) is 29.8 Å². The van der Waals surface area contributed by atoms with E-state index in [0.717, 1.165) is 37.2 Å². The Morgan fingerprint density at radius 1 is 1.53 bits per heavy atom. The summed E-state index contributed by atoms with van der Waals surface area (Å²) in [5.41, 5.74) is 1.07. The maximum absolute atomic E-state index is 12.2. The van der Waals surface area contributed by atoms with Gasteiger partial charge in [-0.15, -0.1) is 0 Å². The minimum Gasteiger partial charge on any atom is -0.497 e. The lowest BCUT2D eigenvalue weighted by molar-refractivity contribution is -0.126. The Bertz CT molecular complexity index is 428. The number of nitrogens with one attached hydrogen (secondary N) is 2. The first-order chi connectivity index (χ1) is 9.20. The lowest BCUT2D eigenvalue weighted by Crippen LogP contribution is -2.41. The minimum atomic E-state index is 0.00419. The van der Waals surface area contributed by atoms with Gasteiger partial charge in [-0.25, -0.2) is 0 Å². The summed E-state index contributed by atoms with van der Waals surface area (Å²) in [6, 6.07) is 7.82. The number of amides is 1. The van der Waals surface area contributed by atoms with Gasteiger partial charge in [0.2, 0.25) is 5.91 Å². The fourth-order valence-electron chi connectivity index (χ4n) is 2.40. The number of ether oxygens (including phenoxy) is 1. The quantitative estimate of drug-likeness (QED) is 0.871. The van der Waals surface area contributed by atoms with Gasteiger partial charge in [-0.2, -0.15) is 0 Å². The average Bonchev–Trinajstić information content (AvgIpc) is 2.48. The topological polar surface area (TPSA) is 50.4 Å². The van der Waals surface area contributed by atoms with Gasteiger partial charge >= 0.3 is 0 Å². The minimum absolute atomic E-state index is 0.00419. The van der Waals surface area contributed by atoms with Crippen molar-refractivity contribution >= 4 is 5.91 Å². The fourth-order valence-corrected chi connectivity index (χ4v) is 2.40. The van der Waals surface area contributed by atoms with Gasteiger partial charge < -0.3 is 15.4 Å². The average molecular weight is 262 g/mol. The first-order valence-electron chi connectivity index (χ1n) is 6.85. The lowest BCUT2D eigenvalue weighted by atomic mass is 9.98. The molecule has 1 aromatic rings. The zero-order valence-corrected chi connectivity index (χ0v) is 11.6. The summed E-state index contributed by atoms with van der Waals surface area (Å²) in [4.78, 5) is 12.2. The van der Waals surface area contributed by atoms with Crippen LogP contribution in [0.15, 0.2) is 24.3 Å². The van der Waals surface area contributed by atoms with Crippen LogP contribution in [0.5, 0.6) is 5.75 Å². The largest absolute Gasteiger partial charge is 0.497 e. The summed E-state index contributed by atoms with van der Waals surface area (Å²) in [6.07, 6.45) is 2.05. The molecule has 4 nitrogen and oxygen atoms in total. The molecule has 2 rings (SSSR count). The summed E-state index contributed by atoms with van der Waals surface area (Å²) >= 11 is 0. The molecule has 1 amide bonds. The molecule has 4 heteroatoms. The first kappa shape index (κ1) is 13.9. The molecule has 1 aliphatic rings. The highest BCUT2D eigenvalue weighted by molar-refractivity contribution is 5.79. The zero-order chi connectivity index (χ0) is 13.7. The van der Waals surface area contributed by atoms with Crippen LogP contribution in [0.4, 0.5) is 0 Å². The van der Waals surface area contributed by atoms with Gasteiger partial charge in [0.25, 0.3) is 0 Å². The van der Waals surface area contributed by atoms with E-state index in [0.29, 0.717) is 0 Å². The van der Waals surface area contributed by atoms with Crippen molar-refractivity contribution in [1.29, 1.82) is 0 Å². The van der Waals surface area contributed by atoms with E-state index in [1.165, 1.54) is 0 Å². The summed E-state index contributed by atoms with van der Waals surface area (Å²) < 4.78 is 5.20. The molecule has 104 valence electrons. The van der Waals surface area contributed by atoms with E-state index in [9.17, 15) is 4.79 Å². The third-order valence-electron chi connectivity index (χ3n) is 3.62. The molecule has 1 saturated heterocycles. The van der Waals surface area contributed by atoms with Crippen LogP contribution in [0, 0.1) is 5.92 Å². The molecule has 0 bridgehead atoms. The molecule has 0 radical (unpaired) electrons. The van der Waals surface area contributed by atoms with Crippen molar-refractivity contribution in [2.45, 2.75) is 25.8 Å². The van der Waals surface area contributed by atoms with Crippen molar-refractivity contribution in [3.63, 3.8) is 0 Å². The van der Waals surface area contributed by atoms with Crippen LogP contribution in [0.25, 0.3) is 0 Å². The molecule has 1 unspecified atom stereocenters. The van der Waals surface area contributed by atoms with E-state index in [1.54, 1.807) is 7.11 Å². The Morgan fingerprint density at radius 3 is 3.05 bits per heavy atom. The second kappa shape index (κ2) is 6.57. The fraction of sp³-hybridized carbons (Fsp3) is 0.533. The van der Waals surface area contributed by atoms with Crippen molar-refractivity contribution in [2.75, 3.05) is 20.2 Å². The Balaban J connectivity index is 1.95. The van der Waals surface area contributed by atoms with Gasteiger partial charge in [0, 0.05) is 6.54 Å². The van der Waals surface area contributed by atoms with E-state index in [4.69, 9.17) is 4.74 Å². The number of hydrogen-bond donors (Lipinski definition) is 2. The zero-order valence-electron chi connectivity index (χ0n) is 11.6. The molecule has 0 spiro atoms. The standard InChI is InChI=1S/C15H22N2O2/c1-11(12-5-3-7-14(9-12)19-2)17-15(18)13-6-4-8-16-10-13/h3,5,7,9,11,13,16H,4,6,8,10H2,1-2H3,(H,17,18)/t11-,13?/m0/s1. The summed E-state index contributed by atoms with van der Waals surface area (Å²) in [5, 5.41) is 6.35.